The van der Waals surface area contributed by atoms with E-state index < -0.39 is 0 Å². The number of carbonyl (C=O) groups excluding carboxylic acids is 1. The number of nitrogens with zero attached hydrogens (tertiary/aromatic N) is 3. The zero-order chi connectivity index (χ0) is 17.1. The molecule has 1 aliphatic rings. The molecule has 0 bridgehead atoms. The van der Waals surface area contributed by atoms with Crippen LogP contribution in [0.3, 0.4) is 0 Å². The third kappa shape index (κ3) is 3.79. The molecule has 1 unspecified atom stereocenters. The molecular formula is C17H21FN4O2. The van der Waals surface area contributed by atoms with Gasteiger partial charge >= 0.3 is 0 Å². The lowest BCUT2D eigenvalue weighted by molar-refractivity contribution is -0.121. The van der Waals surface area contributed by atoms with Gasteiger partial charge in [0.1, 0.15) is 5.82 Å². The monoisotopic (exact) mass is 332 g/mol. The highest BCUT2D eigenvalue weighted by Gasteiger charge is 2.26. The molecule has 0 radical (unpaired) electrons. The van der Waals surface area contributed by atoms with E-state index in [0.29, 0.717) is 29.3 Å². The molecule has 0 spiro atoms. The lowest BCUT2D eigenvalue weighted by Gasteiger charge is -2.13. The fourth-order valence-corrected chi connectivity index (χ4v) is 2.93. The van der Waals surface area contributed by atoms with E-state index in [-0.39, 0.29) is 17.6 Å². The van der Waals surface area contributed by atoms with Crippen LogP contribution in [-0.2, 0) is 11.2 Å². The van der Waals surface area contributed by atoms with Crippen molar-refractivity contribution in [1.82, 2.24) is 15.0 Å². The minimum Gasteiger partial charge on any atom is -0.369 e. The van der Waals surface area contributed by atoms with Crippen molar-refractivity contribution in [3.8, 4) is 11.4 Å². The van der Waals surface area contributed by atoms with Crippen LogP contribution in [0.2, 0.25) is 0 Å². The molecule has 3 rings (SSSR count). The first-order chi connectivity index (χ1) is 11.5. The summed E-state index contributed by atoms with van der Waals surface area (Å²) in [5.41, 5.74) is 6.53. The summed E-state index contributed by atoms with van der Waals surface area (Å²) in [6.07, 6.45) is 2.34. The Morgan fingerprint density at radius 1 is 1.50 bits per heavy atom. The minimum atomic E-state index is -0.281. The Morgan fingerprint density at radius 2 is 2.33 bits per heavy atom. The number of carbonyl (C=O) groups is 1. The van der Waals surface area contributed by atoms with Gasteiger partial charge in [-0.2, -0.15) is 4.98 Å². The Bertz CT molecular complexity index is 731. The van der Waals surface area contributed by atoms with Crippen molar-refractivity contribution in [3.05, 3.63) is 35.5 Å². The maximum absolute atomic E-state index is 13.6. The van der Waals surface area contributed by atoms with Gasteiger partial charge in [-0.05, 0) is 44.5 Å². The number of aromatic nitrogens is 2. The molecule has 24 heavy (non-hydrogen) atoms. The number of rotatable bonds is 6. The summed E-state index contributed by atoms with van der Waals surface area (Å²) in [7, 11) is 0. The second-order valence-electron chi connectivity index (χ2n) is 6.27. The van der Waals surface area contributed by atoms with Crippen LogP contribution in [0.5, 0.6) is 0 Å². The van der Waals surface area contributed by atoms with Crippen molar-refractivity contribution >= 4 is 5.91 Å². The van der Waals surface area contributed by atoms with E-state index >= 15 is 0 Å². The topological polar surface area (TPSA) is 85.3 Å². The molecule has 2 aromatic rings. The van der Waals surface area contributed by atoms with Crippen LogP contribution in [0.4, 0.5) is 4.39 Å². The van der Waals surface area contributed by atoms with Gasteiger partial charge < -0.3 is 15.2 Å². The van der Waals surface area contributed by atoms with Crippen LogP contribution in [-0.4, -0.2) is 40.6 Å². The molecule has 6 nitrogen and oxygen atoms in total. The maximum atomic E-state index is 13.6. The average Bonchev–Trinajstić information content (AvgIpc) is 3.20. The van der Waals surface area contributed by atoms with E-state index in [0.717, 1.165) is 32.5 Å². The molecule has 128 valence electrons. The van der Waals surface area contributed by atoms with Gasteiger partial charge in [0, 0.05) is 18.5 Å². The van der Waals surface area contributed by atoms with Crippen molar-refractivity contribution in [3.63, 3.8) is 0 Å². The lowest BCUT2D eigenvalue weighted by Crippen LogP contribution is -2.28. The first kappa shape index (κ1) is 16.6. The number of hydrogen-bond acceptors (Lipinski definition) is 5. The van der Waals surface area contributed by atoms with Gasteiger partial charge in [-0.3, -0.25) is 4.79 Å². The zero-order valence-corrected chi connectivity index (χ0v) is 13.7. The number of benzene rings is 1. The van der Waals surface area contributed by atoms with Crippen LogP contribution in [0.1, 0.15) is 24.3 Å². The zero-order valence-electron chi connectivity index (χ0n) is 13.7. The number of nitrogens with two attached hydrogens (primary N) is 1. The number of aryl methyl sites for hydroxylation is 2. The summed E-state index contributed by atoms with van der Waals surface area (Å²) in [5, 5.41) is 3.92. The molecule has 1 aromatic carbocycles. The Labute approximate surface area is 139 Å². The molecule has 7 heteroatoms. The molecule has 0 aliphatic carbocycles. The summed E-state index contributed by atoms with van der Waals surface area (Å²) in [4.78, 5) is 17.7. The van der Waals surface area contributed by atoms with E-state index in [1.54, 1.807) is 19.1 Å². The van der Waals surface area contributed by atoms with Crippen LogP contribution < -0.4 is 5.73 Å². The van der Waals surface area contributed by atoms with E-state index in [4.69, 9.17) is 10.3 Å². The Morgan fingerprint density at radius 3 is 3.04 bits per heavy atom. The van der Waals surface area contributed by atoms with E-state index in [9.17, 15) is 9.18 Å². The summed E-state index contributed by atoms with van der Waals surface area (Å²) >= 11 is 0. The number of amides is 1. The molecule has 1 aliphatic heterocycles. The lowest BCUT2D eigenvalue weighted by atomic mass is 10.1. The molecule has 2 N–H and O–H groups in total. The molecular weight excluding hydrogens is 311 g/mol. The highest BCUT2D eigenvalue weighted by Crippen LogP contribution is 2.20. The van der Waals surface area contributed by atoms with Gasteiger partial charge in [0.15, 0.2) is 0 Å². The first-order valence-electron chi connectivity index (χ1n) is 8.13. The van der Waals surface area contributed by atoms with Crippen molar-refractivity contribution in [1.29, 1.82) is 0 Å². The standard InChI is InChI=1S/C17H21FN4O2/c1-11-4-5-12(9-14(11)18)17-20-15(24-21-17)3-2-7-22-8-6-13(10-22)16(19)23/h4-5,9,13H,2-3,6-8,10H2,1H3,(H2,19,23). The second kappa shape index (κ2) is 7.09. The minimum absolute atomic E-state index is 0.0311. The van der Waals surface area contributed by atoms with Crippen molar-refractivity contribution < 1.29 is 13.7 Å². The fraction of sp³-hybridized carbons (Fsp3) is 0.471. The van der Waals surface area contributed by atoms with Crippen molar-refractivity contribution in [2.24, 2.45) is 11.7 Å². The van der Waals surface area contributed by atoms with Gasteiger partial charge in [0.2, 0.25) is 17.6 Å². The SMILES string of the molecule is Cc1ccc(-c2noc(CCCN3CCC(C(N)=O)C3)n2)cc1F. The van der Waals surface area contributed by atoms with Gasteiger partial charge in [-0.1, -0.05) is 17.3 Å². The third-order valence-corrected chi connectivity index (χ3v) is 4.44. The highest BCUT2D eigenvalue weighted by atomic mass is 19.1. The predicted octanol–water partition coefficient (Wildman–Crippen LogP) is 1.92. The molecule has 1 amide bonds. The van der Waals surface area contributed by atoms with Crippen LogP contribution in [0, 0.1) is 18.7 Å². The number of primary amides is 1. The predicted molar refractivity (Wildman–Crippen MR) is 86.5 cm³/mol. The van der Waals surface area contributed by atoms with E-state index in [2.05, 4.69) is 15.0 Å². The van der Waals surface area contributed by atoms with Gasteiger partial charge in [0.05, 0.1) is 5.92 Å². The summed E-state index contributed by atoms with van der Waals surface area (Å²) in [6.45, 7) is 4.20. The maximum Gasteiger partial charge on any atom is 0.227 e. The summed E-state index contributed by atoms with van der Waals surface area (Å²) in [6, 6.07) is 4.89. The second-order valence-corrected chi connectivity index (χ2v) is 6.27. The van der Waals surface area contributed by atoms with E-state index in [1.807, 2.05) is 0 Å². The average molecular weight is 332 g/mol. The van der Waals surface area contributed by atoms with E-state index in [1.165, 1.54) is 6.07 Å². The van der Waals surface area contributed by atoms with Gasteiger partial charge in [-0.15, -0.1) is 0 Å². The molecule has 1 saturated heterocycles. The summed E-state index contributed by atoms with van der Waals surface area (Å²) < 4.78 is 18.8. The van der Waals surface area contributed by atoms with Crippen molar-refractivity contribution in [2.75, 3.05) is 19.6 Å². The van der Waals surface area contributed by atoms with Gasteiger partial charge in [0.25, 0.3) is 0 Å². The molecule has 1 fully saturated rings. The molecule has 1 atom stereocenters. The third-order valence-electron chi connectivity index (χ3n) is 4.44. The van der Waals surface area contributed by atoms with Crippen LogP contribution >= 0.6 is 0 Å². The fourth-order valence-electron chi connectivity index (χ4n) is 2.93. The quantitative estimate of drug-likeness (QED) is 0.873. The highest BCUT2D eigenvalue weighted by molar-refractivity contribution is 5.77. The van der Waals surface area contributed by atoms with Crippen molar-refractivity contribution in [2.45, 2.75) is 26.2 Å². The number of hydrogen-bond donors (Lipinski definition) is 1. The Hall–Kier alpha value is -2.28. The van der Waals surface area contributed by atoms with Gasteiger partial charge in [-0.25, -0.2) is 4.39 Å². The largest absolute Gasteiger partial charge is 0.369 e. The molecule has 0 saturated carbocycles. The number of halogens is 1. The number of likely N-dealkylation sites (tertiary alicyclic amines) is 1. The van der Waals surface area contributed by atoms with Crippen LogP contribution in [0.25, 0.3) is 11.4 Å². The Kier molecular flexibility index (Phi) is 4.89. The molecule has 2 heterocycles. The smallest absolute Gasteiger partial charge is 0.227 e. The Balaban J connectivity index is 1.51. The molecule has 1 aromatic heterocycles. The first-order valence-corrected chi connectivity index (χ1v) is 8.13. The van der Waals surface area contributed by atoms with Crippen LogP contribution in [0.15, 0.2) is 22.7 Å². The normalized spacial score (nSPS) is 18.2. The summed E-state index contributed by atoms with van der Waals surface area (Å²) in [5.74, 6) is 0.410.